The van der Waals surface area contributed by atoms with Crippen LogP contribution in [0.4, 0.5) is 0 Å². The molecule has 10 heteroatoms. The number of rotatable bonds is 4. The van der Waals surface area contributed by atoms with Crippen molar-refractivity contribution in [2.45, 2.75) is 5.08 Å². The molecule has 0 fully saturated rings. The molecule has 15 heavy (non-hydrogen) atoms. The van der Waals surface area contributed by atoms with Crippen molar-refractivity contribution >= 4 is 15.2 Å². The van der Waals surface area contributed by atoms with Gasteiger partial charge >= 0.3 is 15.2 Å². The van der Waals surface area contributed by atoms with E-state index in [1.54, 1.807) is 0 Å². The van der Waals surface area contributed by atoms with Crippen molar-refractivity contribution < 1.29 is 33.8 Å². The van der Waals surface area contributed by atoms with Gasteiger partial charge < -0.3 is 29.6 Å². The Kier molecular flexibility index (Phi) is 4.29. The molecule has 0 bridgehead atoms. The van der Waals surface area contributed by atoms with E-state index in [1.807, 2.05) is 0 Å². The third-order valence-corrected chi connectivity index (χ3v) is 5.03. The van der Waals surface area contributed by atoms with Crippen LogP contribution in [0.5, 0.6) is 0 Å². The van der Waals surface area contributed by atoms with Gasteiger partial charge in [0.1, 0.15) is 0 Å². The van der Waals surface area contributed by atoms with E-state index in [9.17, 15) is 14.2 Å². The zero-order valence-corrected chi connectivity index (χ0v) is 9.84. The molecule has 0 saturated heterocycles. The second kappa shape index (κ2) is 4.35. The van der Waals surface area contributed by atoms with Crippen molar-refractivity contribution in [2.24, 2.45) is 0 Å². The van der Waals surface area contributed by atoms with E-state index in [1.165, 1.54) is 19.0 Å². The van der Waals surface area contributed by atoms with E-state index in [4.69, 9.17) is 19.6 Å². The van der Waals surface area contributed by atoms with Crippen LogP contribution in [0.25, 0.3) is 0 Å². The predicted molar refractivity (Wildman–Crippen MR) is 51.9 cm³/mol. The highest BCUT2D eigenvalue weighted by Crippen LogP contribution is 2.68. The largest absolute Gasteiger partial charge is 0.384 e. The Morgan fingerprint density at radius 2 is 1.40 bits per heavy atom. The van der Waals surface area contributed by atoms with Gasteiger partial charge in [-0.2, -0.15) is 0 Å². The number of nitrogens with zero attached hydrogens (tertiary/aromatic N) is 1. The summed E-state index contributed by atoms with van der Waals surface area (Å²) >= 11 is 0. The van der Waals surface area contributed by atoms with Gasteiger partial charge in [0.25, 0.3) is 5.08 Å². The van der Waals surface area contributed by atoms with Gasteiger partial charge in [-0.1, -0.05) is 0 Å². The van der Waals surface area contributed by atoms with E-state index < -0.39 is 20.3 Å². The van der Waals surface area contributed by atoms with Gasteiger partial charge in [-0.25, -0.2) is 0 Å². The maximum atomic E-state index is 10.8. The van der Waals surface area contributed by atoms with E-state index in [0.29, 0.717) is 6.08 Å². The molecule has 0 amide bonds. The minimum atomic E-state index is -5.39. The van der Waals surface area contributed by atoms with E-state index in [0.717, 1.165) is 6.20 Å². The summed E-state index contributed by atoms with van der Waals surface area (Å²) in [6.07, 6.45) is 1.33. The Balaban J connectivity index is 5.46. The lowest BCUT2D eigenvalue weighted by molar-refractivity contribution is 0.167. The van der Waals surface area contributed by atoms with Crippen LogP contribution in [0.3, 0.4) is 0 Å². The highest BCUT2D eigenvalue weighted by atomic mass is 31.2. The monoisotopic (exact) mass is 261 g/mol. The third-order valence-electron chi connectivity index (χ3n) is 1.45. The first-order valence-corrected chi connectivity index (χ1v) is 6.84. The Labute approximate surface area is 86.2 Å². The van der Waals surface area contributed by atoms with Crippen molar-refractivity contribution in [1.82, 2.24) is 4.90 Å². The topological polar surface area (TPSA) is 139 Å². The summed E-state index contributed by atoms with van der Waals surface area (Å²) in [7, 11) is -7.86. The highest BCUT2D eigenvalue weighted by molar-refractivity contribution is 7.72. The highest BCUT2D eigenvalue weighted by Gasteiger charge is 2.57. The summed E-state index contributed by atoms with van der Waals surface area (Å²) in [5.41, 5.74) is 0. The fourth-order valence-corrected chi connectivity index (χ4v) is 2.49. The SMILES string of the molecule is CN(C)/C=C/C(O)(P(=O)(O)O)P(=O)(O)O. The van der Waals surface area contributed by atoms with Crippen LogP contribution in [-0.4, -0.2) is 48.8 Å². The second-order valence-electron chi connectivity index (χ2n) is 3.05. The van der Waals surface area contributed by atoms with Crippen LogP contribution in [-0.2, 0) is 9.13 Å². The Morgan fingerprint density at radius 3 is 1.60 bits per heavy atom. The smallest absolute Gasteiger partial charge is 0.373 e. The standard InChI is InChI=1S/C5H13NO7P2/c1-6(2)4-3-5(7,14(8,9)10)15(11,12)13/h3-4,7H,1-2H3,(H2,8,9,10)(H2,11,12,13)/b4-3+. The summed E-state index contributed by atoms with van der Waals surface area (Å²) in [4.78, 5) is 36.0. The van der Waals surface area contributed by atoms with Crippen LogP contribution in [0.15, 0.2) is 12.3 Å². The number of hydrogen-bond acceptors (Lipinski definition) is 4. The lowest BCUT2D eigenvalue weighted by atomic mass is 10.6. The molecule has 0 aliphatic rings. The van der Waals surface area contributed by atoms with Gasteiger partial charge in [-0.3, -0.25) is 9.13 Å². The third kappa shape index (κ3) is 3.39. The Bertz CT molecular complexity index is 317. The molecule has 0 saturated carbocycles. The zero-order chi connectivity index (χ0) is 12.5. The van der Waals surface area contributed by atoms with E-state index in [2.05, 4.69) is 0 Å². The van der Waals surface area contributed by atoms with Crippen molar-refractivity contribution in [3.63, 3.8) is 0 Å². The van der Waals surface area contributed by atoms with Crippen LogP contribution in [0.2, 0.25) is 0 Å². The van der Waals surface area contributed by atoms with Gasteiger partial charge in [0.15, 0.2) is 0 Å². The molecular weight excluding hydrogens is 248 g/mol. The first-order chi connectivity index (χ1) is 6.42. The van der Waals surface area contributed by atoms with Crippen molar-refractivity contribution in [2.75, 3.05) is 14.1 Å². The average Bonchev–Trinajstić information content (AvgIpc) is 1.95. The van der Waals surface area contributed by atoms with Gasteiger partial charge in [0.05, 0.1) is 0 Å². The minimum absolute atomic E-state index is 0.383. The zero-order valence-electron chi connectivity index (χ0n) is 8.05. The summed E-state index contributed by atoms with van der Waals surface area (Å²) in [6, 6.07) is 0. The van der Waals surface area contributed by atoms with E-state index in [-0.39, 0.29) is 0 Å². The van der Waals surface area contributed by atoms with Gasteiger partial charge in [-0.05, 0) is 12.3 Å². The molecule has 0 aromatic carbocycles. The molecule has 8 nitrogen and oxygen atoms in total. The maximum Gasteiger partial charge on any atom is 0.373 e. The molecule has 0 aliphatic heterocycles. The van der Waals surface area contributed by atoms with Crippen molar-refractivity contribution in [3.8, 4) is 0 Å². The molecule has 0 atom stereocenters. The summed E-state index contributed by atoms with van der Waals surface area (Å²) in [5, 5.41) is 5.81. The van der Waals surface area contributed by atoms with Gasteiger partial charge in [-0.15, -0.1) is 0 Å². The summed E-state index contributed by atoms with van der Waals surface area (Å²) in [6.45, 7) is 0. The maximum absolute atomic E-state index is 10.8. The molecule has 0 unspecified atom stereocenters. The van der Waals surface area contributed by atoms with Crippen LogP contribution >= 0.6 is 15.2 Å². The first-order valence-electron chi connectivity index (χ1n) is 3.61. The first kappa shape index (κ1) is 14.8. The molecule has 0 spiro atoms. The van der Waals surface area contributed by atoms with Crippen molar-refractivity contribution in [3.05, 3.63) is 12.3 Å². The summed E-state index contributed by atoms with van der Waals surface area (Å²) in [5.74, 6) is 0. The Morgan fingerprint density at radius 1 is 1.07 bits per heavy atom. The normalized spacial score (nSPS) is 14.6. The van der Waals surface area contributed by atoms with Crippen LogP contribution in [0, 0.1) is 0 Å². The average molecular weight is 261 g/mol. The minimum Gasteiger partial charge on any atom is -0.384 e. The quantitative estimate of drug-likeness (QED) is 0.409. The fourth-order valence-electron chi connectivity index (χ4n) is 0.613. The van der Waals surface area contributed by atoms with Crippen LogP contribution in [0.1, 0.15) is 0 Å². The lowest BCUT2D eigenvalue weighted by Crippen LogP contribution is -2.26. The molecule has 0 radical (unpaired) electrons. The Hall–Kier alpha value is -0.200. The number of aliphatic hydroxyl groups is 1. The van der Waals surface area contributed by atoms with Crippen LogP contribution < -0.4 is 0 Å². The fraction of sp³-hybridized carbons (Fsp3) is 0.600. The second-order valence-corrected chi connectivity index (χ2v) is 6.95. The van der Waals surface area contributed by atoms with Gasteiger partial charge in [0.2, 0.25) is 0 Å². The predicted octanol–water partition coefficient (Wildman–Crippen LogP) is -0.937. The van der Waals surface area contributed by atoms with Gasteiger partial charge in [0, 0.05) is 14.1 Å². The van der Waals surface area contributed by atoms with E-state index >= 15 is 0 Å². The molecule has 0 heterocycles. The summed E-state index contributed by atoms with van der Waals surface area (Å²) < 4.78 is 21.6. The molecule has 0 aromatic heterocycles. The molecular formula is C5H13NO7P2. The number of hydrogen-bond donors (Lipinski definition) is 5. The molecule has 0 rings (SSSR count). The lowest BCUT2D eigenvalue weighted by Gasteiger charge is -2.26. The molecule has 0 aliphatic carbocycles. The molecule has 0 aromatic rings. The molecule has 90 valence electrons. The molecule has 5 N–H and O–H groups in total. The van der Waals surface area contributed by atoms with Crippen molar-refractivity contribution in [1.29, 1.82) is 0 Å².